The summed E-state index contributed by atoms with van der Waals surface area (Å²) < 4.78 is 13.1. The summed E-state index contributed by atoms with van der Waals surface area (Å²) in [6.07, 6.45) is 3.54. The molecule has 23 heavy (non-hydrogen) atoms. The molecule has 3 aromatic rings. The summed E-state index contributed by atoms with van der Waals surface area (Å²) >= 11 is 0. The molecule has 0 bridgehead atoms. The Hall–Kier alpha value is -2.51. The molecule has 118 valence electrons. The van der Waals surface area contributed by atoms with Crippen molar-refractivity contribution in [3.05, 3.63) is 42.7 Å². The van der Waals surface area contributed by atoms with Gasteiger partial charge in [0.1, 0.15) is 6.10 Å². The number of aromatic nitrogens is 5. The Labute approximate surface area is 133 Å². The first kappa shape index (κ1) is 14.1. The molecule has 1 saturated heterocycles. The van der Waals surface area contributed by atoms with Gasteiger partial charge >= 0.3 is 0 Å². The largest absolute Gasteiger partial charge is 0.376 e. The minimum atomic E-state index is -0.0141. The second-order valence-corrected chi connectivity index (χ2v) is 5.36. The van der Waals surface area contributed by atoms with Crippen molar-refractivity contribution in [3.63, 3.8) is 0 Å². The Balaban J connectivity index is 1.69. The van der Waals surface area contributed by atoms with E-state index in [0.29, 0.717) is 32.2 Å². The van der Waals surface area contributed by atoms with Gasteiger partial charge < -0.3 is 9.47 Å². The number of nitrogens with zero attached hydrogens (tertiary/aromatic N) is 4. The molecular weight excluding hydrogens is 294 g/mol. The molecule has 7 nitrogen and oxygen atoms in total. The van der Waals surface area contributed by atoms with Gasteiger partial charge in [-0.1, -0.05) is 30.3 Å². The van der Waals surface area contributed by atoms with E-state index in [1.165, 1.54) is 0 Å². The van der Waals surface area contributed by atoms with Crippen molar-refractivity contribution in [1.82, 2.24) is 25.0 Å². The van der Waals surface area contributed by atoms with E-state index in [2.05, 4.69) is 20.3 Å². The van der Waals surface area contributed by atoms with Crippen molar-refractivity contribution in [2.75, 3.05) is 19.8 Å². The molecule has 1 atom stereocenters. The Morgan fingerprint density at radius 1 is 1.17 bits per heavy atom. The SMILES string of the molecule is c1ccc(-c2nc(-c3cn[nH]c3)n(CC3COCCO3)n2)cc1. The lowest BCUT2D eigenvalue weighted by Crippen LogP contribution is -2.32. The molecule has 1 unspecified atom stereocenters. The zero-order valence-corrected chi connectivity index (χ0v) is 12.6. The summed E-state index contributed by atoms with van der Waals surface area (Å²) in [5.74, 6) is 1.46. The third-order valence-corrected chi connectivity index (χ3v) is 3.72. The van der Waals surface area contributed by atoms with Crippen LogP contribution in [0.5, 0.6) is 0 Å². The first-order chi connectivity index (χ1) is 11.4. The van der Waals surface area contributed by atoms with Crippen molar-refractivity contribution in [3.8, 4) is 22.8 Å². The van der Waals surface area contributed by atoms with E-state index in [1.807, 2.05) is 41.2 Å². The van der Waals surface area contributed by atoms with E-state index in [-0.39, 0.29) is 6.10 Å². The minimum Gasteiger partial charge on any atom is -0.376 e. The number of H-pyrrole nitrogens is 1. The molecule has 2 aromatic heterocycles. The lowest BCUT2D eigenvalue weighted by Gasteiger charge is -2.23. The van der Waals surface area contributed by atoms with E-state index in [1.54, 1.807) is 6.20 Å². The van der Waals surface area contributed by atoms with Gasteiger partial charge in [-0.15, -0.1) is 0 Å². The van der Waals surface area contributed by atoms with Gasteiger partial charge in [0.25, 0.3) is 0 Å². The first-order valence-electron chi connectivity index (χ1n) is 7.59. The molecule has 1 aromatic carbocycles. The van der Waals surface area contributed by atoms with Gasteiger partial charge in [0.2, 0.25) is 0 Å². The van der Waals surface area contributed by atoms with E-state index >= 15 is 0 Å². The maximum absolute atomic E-state index is 5.73. The van der Waals surface area contributed by atoms with E-state index in [4.69, 9.17) is 9.47 Å². The maximum atomic E-state index is 5.73. The lowest BCUT2D eigenvalue weighted by molar-refractivity contribution is -0.0944. The number of ether oxygens (including phenoxy) is 2. The van der Waals surface area contributed by atoms with Crippen LogP contribution in [0.4, 0.5) is 0 Å². The highest BCUT2D eigenvalue weighted by molar-refractivity contribution is 5.60. The molecule has 0 saturated carbocycles. The molecule has 1 N–H and O–H groups in total. The molecular formula is C16H17N5O2. The summed E-state index contributed by atoms with van der Waals surface area (Å²) in [6, 6.07) is 9.93. The van der Waals surface area contributed by atoms with Gasteiger partial charge in [-0.25, -0.2) is 9.67 Å². The summed E-state index contributed by atoms with van der Waals surface area (Å²) in [6.45, 7) is 2.44. The first-order valence-corrected chi connectivity index (χ1v) is 7.59. The van der Waals surface area contributed by atoms with Crippen LogP contribution in [0, 0.1) is 0 Å². The highest BCUT2D eigenvalue weighted by Gasteiger charge is 2.20. The van der Waals surface area contributed by atoms with E-state index < -0.39 is 0 Å². The number of aromatic amines is 1. The lowest BCUT2D eigenvalue weighted by atomic mass is 10.2. The minimum absolute atomic E-state index is 0.0141. The summed E-state index contributed by atoms with van der Waals surface area (Å²) in [7, 11) is 0. The molecule has 0 aliphatic carbocycles. The fraction of sp³-hybridized carbons (Fsp3) is 0.312. The average molecular weight is 311 g/mol. The number of hydrogen-bond acceptors (Lipinski definition) is 5. The summed E-state index contributed by atoms with van der Waals surface area (Å²) in [5, 5.41) is 11.5. The van der Waals surface area contributed by atoms with Crippen molar-refractivity contribution >= 4 is 0 Å². The second kappa shape index (κ2) is 6.31. The van der Waals surface area contributed by atoms with Crippen LogP contribution in [0.1, 0.15) is 0 Å². The predicted molar refractivity (Wildman–Crippen MR) is 83.6 cm³/mol. The Morgan fingerprint density at radius 2 is 2.09 bits per heavy atom. The normalized spacial score (nSPS) is 18.2. The molecule has 1 fully saturated rings. The molecule has 7 heteroatoms. The van der Waals surface area contributed by atoms with Crippen molar-refractivity contribution in [2.24, 2.45) is 0 Å². The van der Waals surface area contributed by atoms with Crippen molar-refractivity contribution < 1.29 is 9.47 Å². The number of benzene rings is 1. The van der Waals surface area contributed by atoms with Crippen LogP contribution in [-0.2, 0) is 16.0 Å². The topological polar surface area (TPSA) is 77.9 Å². The molecule has 0 amide bonds. The zero-order chi connectivity index (χ0) is 15.5. The highest BCUT2D eigenvalue weighted by Crippen LogP contribution is 2.22. The van der Waals surface area contributed by atoms with Gasteiger partial charge in [0.15, 0.2) is 11.6 Å². The monoisotopic (exact) mass is 311 g/mol. The second-order valence-electron chi connectivity index (χ2n) is 5.36. The molecule has 3 heterocycles. The van der Waals surface area contributed by atoms with Gasteiger partial charge in [0.05, 0.1) is 38.1 Å². The van der Waals surface area contributed by atoms with Crippen LogP contribution < -0.4 is 0 Å². The van der Waals surface area contributed by atoms with Crippen LogP contribution >= 0.6 is 0 Å². The maximum Gasteiger partial charge on any atom is 0.181 e. The molecule has 4 rings (SSSR count). The Bertz CT molecular complexity index is 748. The standard InChI is InChI=1S/C16H17N5O2/c1-2-4-12(5-3-1)15-19-16(13-8-17-18-9-13)21(20-15)10-14-11-22-6-7-23-14/h1-5,8-9,14H,6-7,10-11H2,(H,17,18). The van der Waals surface area contributed by atoms with Gasteiger partial charge in [-0.05, 0) is 0 Å². The van der Waals surface area contributed by atoms with Crippen LogP contribution in [0.2, 0.25) is 0 Å². The van der Waals surface area contributed by atoms with Crippen LogP contribution in [0.15, 0.2) is 42.7 Å². The van der Waals surface area contributed by atoms with Crippen LogP contribution in [0.3, 0.4) is 0 Å². The van der Waals surface area contributed by atoms with E-state index in [0.717, 1.165) is 17.0 Å². The van der Waals surface area contributed by atoms with Gasteiger partial charge in [-0.2, -0.15) is 10.2 Å². The fourth-order valence-corrected chi connectivity index (χ4v) is 2.60. The third-order valence-electron chi connectivity index (χ3n) is 3.72. The molecule has 0 spiro atoms. The smallest absolute Gasteiger partial charge is 0.181 e. The third kappa shape index (κ3) is 3.01. The number of nitrogens with one attached hydrogen (secondary N) is 1. The summed E-state index contributed by atoms with van der Waals surface area (Å²) in [4.78, 5) is 4.68. The average Bonchev–Trinajstić information content (AvgIpc) is 3.26. The van der Waals surface area contributed by atoms with Crippen LogP contribution in [-0.4, -0.2) is 50.9 Å². The Kier molecular flexibility index (Phi) is 3.87. The van der Waals surface area contributed by atoms with Gasteiger partial charge in [0, 0.05) is 11.8 Å². The highest BCUT2D eigenvalue weighted by atomic mass is 16.6. The van der Waals surface area contributed by atoms with Gasteiger partial charge in [-0.3, -0.25) is 5.10 Å². The molecule has 1 aliphatic heterocycles. The molecule has 0 radical (unpaired) electrons. The number of rotatable bonds is 4. The predicted octanol–water partition coefficient (Wildman–Crippen LogP) is 1.75. The summed E-state index contributed by atoms with van der Waals surface area (Å²) in [5.41, 5.74) is 1.88. The number of hydrogen-bond donors (Lipinski definition) is 1. The zero-order valence-electron chi connectivity index (χ0n) is 12.6. The fourth-order valence-electron chi connectivity index (χ4n) is 2.60. The van der Waals surface area contributed by atoms with Crippen molar-refractivity contribution in [2.45, 2.75) is 12.6 Å². The van der Waals surface area contributed by atoms with Crippen LogP contribution in [0.25, 0.3) is 22.8 Å². The molecule has 1 aliphatic rings. The van der Waals surface area contributed by atoms with E-state index in [9.17, 15) is 0 Å². The quantitative estimate of drug-likeness (QED) is 0.794. The Morgan fingerprint density at radius 3 is 2.83 bits per heavy atom. The van der Waals surface area contributed by atoms with Crippen molar-refractivity contribution in [1.29, 1.82) is 0 Å².